The number of ether oxygens (including phenoxy) is 8. The zero-order valence-electron chi connectivity index (χ0n) is 46.8. The number of allylic oxidation sites excluding steroid dienone is 2. The Bertz CT molecular complexity index is 2480. The standard InChI is InChI=1S/C47H70N2O12.2C7H6O2/c1-9-27(2)42-30(5)15-16-46(61-42)24-35-22-34(60-46)14-13-29(4)41(59-39-23-37(54-8)43(32(7)56-39)58-38(50)25-49-19-17-48-18-20-49)28(3)11-10-12-33-26-55-44-40(51)31(6)21-36(45(52)57-35)47(33,44)53;2*8-7(9)6-4-2-1-3-5-6/h10-13,15-16,21,27-28,30,32,34-37,39-44,48,51,53H,9,14,17-20,22-26H2,1-8H3;2*1-5H,(H,8,9)/b11-10+,29-13+,33-12+;;/t27-,28-,30-,32?,34+,35-,36?,37?,39?,40+,41-,42+,43?,44+,46?,47+;;/m0../s1. The SMILES string of the molecule is CC[C@H](C)[C@H]1OC2(C=C[C@@H]1C)C[C@@H]1C[C@@H](C/C=C(\C)[C@@H](OC3CC(OC)C(OC(=O)CN4CCNCC4)C(C)O3)[C@@H](C)/C=C/C=C3\CO[C@@H]4[C@H](O)C(C)=CC(C(=O)O1)[C@]34O)O2.O=C(O)c1ccccc1.O=C(O)c1ccccc1. The molecule has 4 saturated heterocycles. The molecule has 7 aliphatic rings. The van der Waals surface area contributed by atoms with Crippen molar-refractivity contribution in [2.75, 3.05) is 46.4 Å². The Morgan fingerprint density at radius 2 is 1.54 bits per heavy atom. The van der Waals surface area contributed by atoms with Gasteiger partial charge < -0.3 is 63.6 Å². The minimum Gasteiger partial charge on any atom is -0.478 e. The number of carbonyl (C=O) groups is 4. The number of piperazine rings is 1. The molecule has 432 valence electrons. The number of carbonyl (C=O) groups excluding carboxylic acids is 2. The maximum absolute atomic E-state index is 14.3. The highest BCUT2D eigenvalue weighted by molar-refractivity contribution is 5.87. The molecular formula is C61H82N2O16. The van der Waals surface area contributed by atoms with Crippen molar-refractivity contribution in [1.29, 1.82) is 0 Å². The van der Waals surface area contributed by atoms with Gasteiger partial charge in [0.15, 0.2) is 18.2 Å². The van der Waals surface area contributed by atoms with Gasteiger partial charge in [-0.2, -0.15) is 0 Å². The van der Waals surface area contributed by atoms with Crippen LogP contribution < -0.4 is 5.32 Å². The Kier molecular flexibility index (Phi) is 21.6. The van der Waals surface area contributed by atoms with E-state index in [0.29, 0.717) is 48.0 Å². The van der Waals surface area contributed by atoms with E-state index in [1.807, 2.05) is 32.1 Å². The minimum atomic E-state index is -1.83. The Morgan fingerprint density at radius 3 is 2.15 bits per heavy atom. The molecule has 18 heteroatoms. The summed E-state index contributed by atoms with van der Waals surface area (Å²) >= 11 is 0. The van der Waals surface area contributed by atoms with Crippen LogP contribution in [0.15, 0.2) is 120 Å². The summed E-state index contributed by atoms with van der Waals surface area (Å²) in [6.07, 6.45) is 10.1. The topological polar surface area (TPSA) is 238 Å². The van der Waals surface area contributed by atoms with Crippen LogP contribution in [-0.4, -0.2) is 168 Å². The molecule has 1 aliphatic carbocycles. The number of nitrogens with one attached hydrogen (secondary N) is 1. The second kappa shape index (κ2) is 27.9. The third kappa shape index (κ3) is 15.3. The molecule has 2 aromatic rings. The molecule has 6 unspecified atom stereocenters. The molecule has 2 aromatic carbocycles. The molecule has 0 aromatic heterocycles. The lowest BCUT2D eigenvalue weighted by molar-refractivity contribution is -0.300. The highest BCUT2D eigenvalue weighted by Crippen LogP contribution is 2.47. The lowest BCUT2D eigenvalue weighted by atomic mass is 9.71. The van der Waals surface area contributed by atoms with Crippen LogP contribution in [0, 0.1) is 23.7 Å². The number of nitrogens with zero attached hydrogens (tertiary/aromatic N) is 1. The molecule has 6 aliphatic heterocycles. The first-order chi connectivity index (χ1) is 37.7. The fourth-order valence-electron chi connectivity index (χ4n) is 11.4. The zero-order chi connectivity index (χ0) is 57.0. The van der Waals surface area contributed by atoms with Crippen molar-refractivity contribution >= 4 is 23.9 Å². The van der Waals surface area contributed by atoms with Gasteiger partial charge in [-0.3, -0.25) is 14.5 Å². The number of hydrogen-bond donors (Lipinski definition) is 5. The normalized spacial score (nSPS) is 36.8. The minimum absolute atomic E-state index is 0.0319. The van der Waals surface area contributed by atoms with Crippen molar-refractivity contribution in [3.05, 3.63) is 131 Å². The van der Waals surface area contributed by atoms with Crippen LogP contribution in [0.5, 0.6) is 0 Å². The third-order valence-corrected chi connectivity index (χ3v) is 16.1. The Balaban J connectivity index is 0.000000423. The summed E-state index contributed by atoms with van der Waals surface area (Å²) in [6.45, 7) is 17.7. The number of carboxylic acids is 2. The predicted molar refractivity (Wildman–Crippen MR) is 293 cm³/mol. The highest BCUT2D eigenvalue weighted by atomic mass is 16.7. The smallest absolute Gasteiger partial charge is 0.335 e. The number of fused-ring (bicyclic) bond motifs is 2. The van der Waals surface area contributed by atoms with Crippen molar-refractivity contribution in [1.82, 2.24) is 10.2 Å². The number of aromatic carboxylic acids is 2. The molecule has 0 amide bonds. The number of hydrogen-bond acceptors (Lipinski definition) is 16. The van der Waals surface area contributed by atoms with Crippen LogP contribution in [0.25, 0.3) is 0 Å². The second-order valence-corrected chi connectivity index (χ2v) is 21.9. The van der Waals surface area contributed by atoms with Gasteiger partial charge in [0.2, 0.25) is 0 Å². The van der Waals surface area contributed by atoms with E-state index in [1.54, 1.807) is 86.8 Å². The molecule has 9 rings (SSSR count). The van der Waals surface area contributed by atoms with Crippen LogP contribution in [0.2, 0.25) is 0 Å². The van der Waals surface area contributed by atoms with E-state index < -0.39 is 84.2 Å². The molecule has 0 radical (unpaired) electrons. The summed E-state index contributed by atoms with van der Waals surface area (Å²) < 4.78 is 51.4. The maximum Gasteiger partial charge on any atom is 0.335 e. The average Bonchev–Trinajstić information content (AvgIpc) is 3.98. The number of esters is 2. The fourth-order valence-corrected chi connectivity index (χ4v) is 11.4. The molecule has 0 saturated carbocycles. The lowest BCUT2D eigenvalue weighted by Gasteiger charge is -2.48. The van der Waals surface area contributed by atoms with Crippen LogP contribution in [0.4, 0.5) is 0 Å². The molecule has 2 bridgehead atoms. The maximum atomic E-state index is 14.3. The molecule has 6 heterocycles. The molecule has 4 fully saturated rings. The molecule has 1 spiro atoms. The van der Waals surface area contributed by atoms with Gasteiger partial charge >= 0.3 is 23.9 Å². The van der Waals surface area contributed by atoms with Crippen LogP contribution in [0.3, 0.4) is 0 Å². The van der Waals surface area contributed by atoms with Crippen molar-refractivity contribution in [2.24, 2.45) is 23.7 Å². The Morgan fingerprint density at radius 1 is 0.886 bits per heavy atom. The third-order valence-electron chi connectivity index (χ3n) is 16.1. The summed E-state index contributed by atoms with van der Waals surface area (Å²) in [6, 6.07) is 16.6. The van der Waals surface area contributed by atoms with Gasteiger partial charge in [-0.15, -0.1) is 0 Å². The summed E-state index contributed by atoms with van der Waals surface area (Å²) in [5, 5.41) is 43.8. The van der Waals surface area contributed by atoms with Gasteiger partial charge in [0.05, 0.1) is 48.7 Å². The van der Waals surface area contributed by atoms with Gasteiger partial charge in [-0.25, -0.2) is 9.59 Å². The molecule has 5 N–H and O–H groups in total. The first kappa shape index (κ1) is 61.2. The number of rotatable bonds is 10. The second-order valence-electron chi connectivity index (χ2n) is 21.9. The van der Waals surface area contributed by atoms with E-state index in [1.165, 1.54) is 0 Å². The van der Waals surface area contributed by atoms with Gasteiger partial charge in [0.1, 0.15) is 35.9 Å². The van der Waals surface area contributed by atoms with Gasteiger partial charge in [-0.05, 0) is 80.2 Å². The predicted octanol–water partition coefficient (Wildman–Crippen LogP) is 7.07. The quantitative estimate of drug-likeness (QED) is 0.118. The van der Waals surface area contributed by atoms with Crippen molar-refractivity contribution in [3.8, 4) is 0 Å². The van der Waals surface area contributed by atoms with Gasteiger partial charge in [0, 0.05) is 64.4 Å². The first-order valence-electron chi connectivity index (χ1n) is 27.8. The number of aliphatic hydroxyl groups excluding tert-OH is 1. The lowest BCUT2D eigenvalue weighted by Crippen LogP contribution is -2.58. The van der Waals surface area contributed by atoms with Gasteiger partial charge in [0.25, 0.3) is 0 Å². The summed E-state index contributed by atoms with van der Waals surface area (Å²) in [5.74, 6) is -4.63. The molecule has 16 atom stereocenters. The highest BCUT2D eigenvalue weighted by Gasteiger charge is 2.60. The zero-order valence-corrected chi connectivity index (χ0v) is 46.8. The van der Waals surface area contributed by atoms with E-state index in [9.17, 15) is 29.4 Å². The summed E-state index contributed by atoms with van der Waals surface area (Å²) in [4.78, 5) is 49.9. The van der Waals surface area contributed by atoms with Crippen molar-refractivity contribution in [2.45, 2.75) is 153 Å². The number of benzene rings is 2. The average molecular weight is 1100 g/mol. The Hall–Kier alpha value is -5.38. The number of carboxylic acid groups (broad SMARTS) is 2. The van der Waals surface area contributed by atoms with Crippen LogP contribution >= 0.6 is 0 Å². The monoisotopic (exact) mass is 1100 g/mol. The van der Waals surface area contributed by atoms with Crippen molar-refractivity contribution in [3.63, 3.8) is 0 Å². The number of methoxy groups -OCH3 is 1. The fraction of sp³-hybridized carbons (Fsp3) is 0.574. The van der Waals surface area contributed by atoms with E-state index in [2.05, 4.69) is 50.1 Å². The first-order valence-corrected chi connectivity index (χ1v) is 27.8. The van der Waals surface area contributed by atoms with Crippen molar-refractivity contribution < 1.29 is 77.5 Å². The van der Waals surface area contributed by atoms with E-state index >= 15 is 0 Å². The van der Waals surface area contributed by atoms with Crippen LogP contribution in [-0.2, 0) is 47.5 Å². The van der Waals surface area contributed by atoms with Gasteiger partial charge in [-0.1, -0.05) is 107 Å². The largest absolute Gasteiger partial charge is 0.478 e. The summed E-state index contributed by atoms with van der Waals surface area (Å²) in [7, 11) is 1.61. The van der Waals surface area contributed by atoms with Crippen LogP contribution in [0.1, 0.15) is 101 Å². The molecular weight excluding hydrogens is 1020 g/mol. The molecule has 79 heavy (non-hydrogen) atoms. The Labute approximate surface area is 464 Å². The molecule has 18 nitrogen and oxygen atoms in total. The summed E-state index contributed by atoms with van der Waals surface area (Å²) in [5.41, 5.74) is 0.789. The number of aliphatic hydroxyl groups is 2. The van der Waals surface area contributed by atoms with E-state index in [-0.39, 0.29) is 49.1 Å². The van der Waals surface area contributed by atoms with E-state index in [4.69, 9.17) is 48.1 Å². The van der Waals surface area contributed by atoms with E-state index in [0.717, 1.165) is 38.2 Å².